The van der Waals surface area contributed by atoms with Crippen molar-refractivity contribution in [2.75, 3.05) is 4.90 Å². The van der Waals surface area contributed by atoms with E-state index in [1.54, 1.807) is 0 Å². The van der Waals surface area contributed by atoms with Crippen LogP contribution >= 0.6 is 0 Å². The van der Waals surface area contributed by atoms with E-state index < -0.39 is 0 Å². The Kier molecular flexibility index (Phi) is 7.78. The smallest absolute Gasteiger partial charge is 0.227 e. The van der Waals surface area contributed by atoms with E-state index in [0.717, 1.165) is 111 Å². The fourth-order valence-corrected chi connectivity index (χ4v) is 8.65. The lowest BCUT2D eigenvalue weighted by Crippen LogP contribution is -2.11. The number of furan rings is 2. The first-order chi connectivity index (χ1) is 29.7. The van der Waals surface area contributed by atoms with Gasteiger partial charge in [0.2, 0.25) is 5.89 Å². The molecule has 0 unspecified atom stereocenters. The molecule has 0 amide bonds. The molecular formula is C55H34N2O3. The molecular weight excluding hydrogens is 737 g/mol. The van der Waals surface area contributed by atoms with Crippen LogP contribution in [0.1, 0.15) is 0 Å². The molecule has 0 aliphatic carbocycles. The zero-order valence-corrected chi connectivity index (χ0v) is 32.2. The first kappa shape index (κ1) is 33.9. The van der Waals surface area contributed by atoms with E-state index in [9.17, 15) is 0 Å². The molecule has 60 heavy (non-hydrogen) atoms. The monoisotopic (exact) mass is 770 g/mol. The summed E-state index contributed by atoms with van der Waals surface area (Å²) in [5.74, 6) is 0.598. The summed E-state index contributed by atoms with van der Waals surface area (Å²) in [6, 6.07) is 71.7. The van der Waals surface area contributed by atoms with Crippen molar-refractivity contribution in [3.8, 4) is 44.8 Å². The second-order valence-electron chi connectivity index (χ2n) is 15.1. The van der Waals surface area contributed by atoms with Crippen LogP contribution in [0.3, 0.4) is 0 Å². The van der Waals surface area contributed by atoms with Crippen LogP contribution in [0.5, 0.6) is 0 Å². The molecule has 0 aliphatic rings. The lowest BCUT2D eigenvalue weighted by atomic mass is 9.99. The number of hydrogen-bond acceptors (Lipinski definition) is 5. The number of aromatic nitrogens is 1. The molecule has 0 atom stereocenters. The number of nitrogens with zero attached hydrogens (tertiary/aromatic N) is 2. The van der Waals surface area contributed by atoms with Gasteiger partial charge in [-0.05, 0) is 95.1 Å². The van der Waals surface area contributed by atoms with Gasteiger partial charge in [0, 0.05) is 44.2 Å². The van der Waals surface area contributed by atoms with E-state index in [1.165, 1.54) is 0 Å². The fourth-order valence-electron chi connectivity index (χ4n) is 8.65. The van der Waals surface area contributed by atoms with Crippen molar-refractivity contribution in [2.24, 2.45) is 0 Å². The van der Waals surface area contributed by atoms with Gasteiger partial charge in [-0.1, -0.05) is 133 Å². The molecule has 3 heterocycles. The third-order valence-corrected chi connectivity index (χ3v) is 11.5. The highest BCUT2D eigenvalue weighted by molar-refractivity contribution is 6.17. The van der Waals surface area contributed by atoms with Gasteiger partial charge in [-0.25, -0.2) is 4.98 Å². The van der Waals surface area contributed by atoms with Gasteiger partial charge >= 0.3 is 0 Å². The third-order valence-electron chi connectivity index (χ3n) is 11.5. The summed E-state index contributed by atoms with van der Waals surface area (Å²) in [6.07, 6.45) is 0. The van der Waals surface area contributed by atoms with Gasteiger partial charge in [0.15, 0.2) is 5.58 Å². The van der Waals surface area contributed by atoms with Gasteiger partial charge in [-0.3, -0.25) is 0 Å². The van der Waals surface area contributed by atoms with Crippen molar-refractivity contribution < 1.29 is 13.3 Å². The molecule has 12 aromatic rings. The Bertz CT molecular complexity index is 3530. The molecule has 5 nitrogen and oxygen atoms in total. The fraction of sp³-hybridized carbons (Fsp3) is 0. The average molecular weight is 771 g/mol. The Morgan fingerprint density at radius 2 is 0.983 bits per heavy atom. The van der Waals surface area contributed by atoms with E-state index in [4.69, 9.17) is 18.2 Å². The Balaban J connectivity index is 0.933. The first-order valence-corrected chi connectivity index (χ1v) is 20.1. The van der Waals surface area contributed by atoms with Crippen LogP contribution in [0.15, 0.2) is 220 Å². The van der Waals surface area contributed by atoms with Crippen molar-refractivity contribution >= 4 is 72.0 Å². The Morgan fingerprint density at radius 3 is 1.78 bits per heavy atom. The van der Waals surface area contributed by atoms with Crippen LogP contribution < -0.4 is 4.90 Å². The van der Waals surface area contributed by atoms with Crippen molar-refractivity contribution in [3.05, 3.63) is 206 Å². The number of anilines is 3. The number of hydrogen-bond donors (Lipinski definition) is 0. The number of oxazole rings is 1. The molecule has 0 saturated carbocycles. The molecule has 0 spiro atoms. The topological polar surface area (TPSA) is 55.6 Å². The minimum Gasteiger partial charge on any atom is -0.456 e. The van der Waals surface area contributed by atoms with E-state index in [2.05, 4.69) is 157 Å². The highest BCUT2D eigenvalue weighted by Gasteiger charge is 2.20. The maximum Gasteiger partial charge on any atom is 0.227 e. The van der Waals surface area contributed by atoms with Crippen molar-refractivity contribution in [3.63, 3.8) is 0 Å². The minimum atomic E-state index is 0.598. The van der Waals surface area contributed by atoms with E-state index in [0.29, 0.717) is 5.89 Å². The molecule has 5 heteroatoms. The molecule has 9 aromatic carbocycles. The largest absolute Gasteiger partial charge is 0.456 e. The highest BCUT2D eigenvalue weighted by atomic mass is 16.4. The van der Waals surface area contributed by atoms with Crippen molar-refractivity contribution in [1.29, 1.82) is 0 Å². The third kappa shape index (κ3) is 5.59. The van der Waals surface area contributed by atoms with Crippen LogP contribution in [0.25, 0.3) is 99.8 Å². The summed E-state index contributed by atoms with van der Waals surface area (Å²) >= 11 is 0. The average Bonchev–Trinajstić information content (AvgIpc) is 4.04. The van der Waals surface area contributed by atoms with Gasteiger partial charge < -0.3 is 18.2 Å². The zero-order chi connectivity index (χ0) is 39.6. The molecule has 0 bridgehead atoms. The quantitative estimate of drug-likeness (QED) is 0.162. The molecule has 0 aliphatic heterocycles. The summed E-state index contributed by atoms with van der Waals surface area (Å²) in [7, 11) is 0. The Labute approximate surface area is 345 Å². The maximum atomic E-state index is 6.45. The van der Waals surface area contributed by atoms with Crippen LogP contribution in [-0.2, 0) is 0 Å². The Morgan fingerprint density at radius 1 is 0.350 bits per heavy atom. The van der Waals surface area contributed by atoms with E-state index in [1.807, 2.05) is 54.6 Å². The standard InChI is InChI=1S/C55H34N2O3/c1-3-12-36(13-4-1)42-16-7-9-20-48(42)57(41-29-24-37(25-30-41)43-18-11-19-45-44-17-8-10-21-49(44)59-53(43)45)40-27-22-35(23-28-40)39-26-31-46-51(34-39)58-50-33-32-47-54(52(46)50)60-55(56-47)38-14-5-2-6-15-38/h1-34H. The molecule has 12 rings (SSSR count). The lowest BCUT2D eigenvalue weighted by molar-refractivity contribution is 0.622. The molecule has 0 saturated heterocycles. The molecule has 0 radical (unpaired) electrons. The number of fused-ring (bicyclic) bond motifs is 8. The molecule has 282 valence electrons. The van der Waals surface area contributed by atoms with E-state index >= 15 is 0 Å². The number of para-hydroxylation sites is 3. The van der Waals surface area contributed by atoms with Crippen molar-refractivity contribution in [1.82, 2.24) is 4.98 Å². The van der Waals surface area contributed by atoms with Gasteiger partial charge in [0.25, 0.3) is 0 Å². The SMILES string of the molecule is c1ccc(-c2nc3ccc4oc5cc(-c6ccc(N(c7ccc(-c8cccc9c8oc8ccccc89)cc7)c7ccccc7-c7ccccc7)cc6)ccc5c4c3o2)cc1. The second kappa shape index (κ2) is 13.8. The highest BCUT2D eigenvalue weighted by Crippen LogP contribution is 2.44. The summed E-state index contributed by atoms with van der Waals surface area (Å²) in [6.45, 7) is 0. The summed E-state index contributed by atoms with van der Waals surface area (Å²) < 4.78 is 19.2. The zero-order valence-electron chi connectivity index (χ0n) is 32.2. The first-order valence-electron chi connectivity index (χ1n) is 20.1. The number of rotatable bonds is 7. The maximum absolute atomic E-state index is 6.45. The molecule has 0 fully saturated rings. The van der Waals surface area contributed by atoms with Gasteiger partial charge in [0.1, 0.15) is 27.8 Å². The Hall–Kier alpha value is -8.15. The molecule has 0 N–H and O–H groups in total. The summed E-state index contributed by atoms with van der Waals surface area (Å²) in [5.41, 5.74) is 15.6. The van der Waals surface area contributed by atoms with Crippen LogP contribution in [0.2, 0.25) is 0 Å². The number of benzene rings is 9. The molecule has 3 aromatic heterocycles. The minimum absolute atomic E-state index is 0.598. The van der Waals surface area contributed by atoms with Crippen LogP contribution in [-0.4, -0.2) is 4.98 Å². The summed E-state index contributed by atoms with van der Waals surface area (Å²) in [4.78, 5) is 7.13. The van der Waals surface area contributed by atoms with Gasteiger partial charge in [-0.2, -0.15) is 0 Å². The summed E-state index contributed by atoms with van der Waals surface area (Å²) in [5, 5.41) is 4.18. The van der Waals surface area contributed by atoms with Crippen LogP contribution in [0, 0.1) is 0 Å². The second-order valence-corrected chi connectivity index (χ2v) is 15.1. The van der Waals surface area contributed by atoms with Crippen LogP contribution in [0.4, 0.5) is 17.1 Å². The van der Waals surface area contributed by atoms with E-state index in [-0.39, 0.29) is 0 Å². The predicted octanol–water partition coefficient (Wildman–Crippen LogP) is 15.8. The van der Waals surface area contributed by atoms with Crippen molar-refractivity contribution in [2.45, 2.75) is 0 Å². The van der Waals surface area contributed by atoms with Gasteiger partial charge in [-0.15, -0.1) is 0 Å². The lowest BCUT2D eigenvalue weighted by Gasteiger charge is -2.28. The van der Waals surface area contributed by atoms with Gasteiger partial charge in [0.05, 0.1) is 11.1 Å². The predicted molar refractivity (Wildman–Crippen MR) is 245 cm³/mol. The normalized spacial score (nSPS) is 11.7.